The van der Waals surface area contributed by atoms with Gasteiger partial charge >= 0.3 is 0 Å². The summed E-state index contributed by atoms with van der Waals surface area (Å²) >= 11 is 1.78. The molecule has 1 heterocycles. The second-order valence-corrected chi connectivity index (χ2v) is 8.50. The topological polar surface area (TPSA) is 0 Å². The Morgan fingerprint density at radius 1 is 0.967 bits per heavy atom. The van der Waals surface area contributed by atoms with E-state index < -0.39 is 0 Å². The minimum atomic E-state index is -0.203. The van der Waals surface area contributed by atoms with Crippen LogP contribution in [0.1, 0.15) is 30.9 Å². The maximum atomic E-state index is 13.5. The van der Waals surface area contributed by atoms with E-state index >= 15 is 0 Å². The molecule has 1 aliphatic carbocycles. The van der Waals surface area contributed by atoms with Gasteiger partial charge in [-0.2, -0.15) is 0 Å². The van der Waals surface area contributed by atoms with E-state index in [0.717, 1.165) is 24.8 Å². The third-order valence-corrected chi connectivity index (χ3v) is 6.65. The quantitative estimate of drug-likeness (QED) is 0.355. The predicted molar refractivity (Wildman–Crippen MR) is 130 cm³/mol. The number of thiophene rings is 1. The molecule has 0 bridgehead atoms. The standard InChI is InChI=1S/C28H25FS/c1-3-5-6-21-7-9-22(10-8-21)12-18-26-25-17-11-20(4-2)19-27(25)30-28(26)23-13-15-24(29)16-14-23/h3,5-7,9,11-19H,1,4,8,10H2,2H3/b6-5+,18-12-. The van der Waals surface area contributed by atoms with Crippen molar-refractivity contribution in [2.45, 2.75) is 26.2 Å². The Hall–Kier alpha value is -2.97. The molecule has 0 saturated carbocycles. The van der Waals surface area contributed by atoms with Crippen LogP contribution in [-0.4, -0.2) is 0 Å². The average molecular weight is 413 g/mol. The van der Waals surface area contributed by atoms with Gasteiger partial charge in [-0.05, 0) is 59.7 Å². The van der Waals surface area contributed by atoms with Crippen LogP contribution in [0.2, 0.25) is 0 Å². The van der Waals surface area contributed by atoms with Crippen LogP contribution in [0.3, 0.4) is 0 Å². The van der Waals surface area contributed by atoms with Crippen molar-refractivity contribution in [3.05, 3.63) is 114 Å². The lowest BCUT2D eigenvalue weighted by atomic mass is 9.96. The molecule has 2 heteroatoms. The monoisotopic (exact) mass is 412 g/mol. The highest BCUT2D eigenvalue weighted by Crippen LogP contribution is 2.40. The first-order valence-corrected chi connectivity index (χ1v) is 11.2. The maximum absolute atomic E-state index is 13.5. The molecular formula is C28H25FS. The summed E-state index contributed by atoms with van der Waals surface area (Å²) in [5, 5.41) is 1.26. The molecule has 0 N–H and O–H groups in total. The van der Waals surface area contributed by atoms with Crippen molar-refractivity contribution in [1.82, 2.24) is 0 Å². The van der Waals surface area contributed by atoms with E-state index in [-0.39, 0.29) is 5.82 Å². The summed E-state index contributed by atoms with van der Waals surface area (Å²) in [6, 6.07) is 13.5. The van der Waals surface area contributed by atoms with Crippen LogP contribution < -0.4 is 0 Å². The fourth-order valence-electron chi connectivity index (χ4n) is 3.69. The van der Waals surface area contributed by atoms with E-state index in [1.165, 1.54) is 49.4 Å². The number of fused-ring (bicyclic) bond motifs is 1. The number of hydrogen-bond acceptors (Lipinski definition) is 1. The Morgan fingerprint density at radius 3 is 2.37 bits per heavy atom. The van der Waals surface area contributed by atoms with Gasteiger partial charge in [-0.3, -0.25) is 0 Å². The van der Waals surface area contributed by atoms with Gasteiger partial charge < -0.3 is 0 Å². The van der Waals surface area contributed by atoms with Crippen LogP contribution in [0.15, 0.2) is 96.6 Å². The van der Waals surface area contributed by atoms with Crippen molar-refractivity contribution in [3.63, 3.8) is 0 Å². The predicted octanol–water partition coefficient (Wildman–Crippen LogP) is 8.67. The highest BCUT2D eigenvalue weighted by atomic mass is 32.1. The van der Waals surface area contributed by atoms with Crippen LogP contribution in [0, 0.1) is 5.82 Å². The number of allylic oxidation sites excluding steroid dienone is 8. The molecule has 0 unspecified atom stereocenters. The van der Waals surface area contributed by atoms with Gasteiger partial charge in [-0.1, -0.05) is 80.3 Å². The van der Waals surface area contributed by atoms with E-state index in [9.17, 15) is 4.39 Å². The van der Waals surface area contributed by atoms with Crippen molar-refractivity contribution in [3.8, 4) is 10.4 Å². The lowest BCUT2D eigenvalue weighted by Crippen LogP contribution is -1.89. The molecule has 0 saturated heterocycles. The lowest BCUT2D eigenvalue weighted by Gasteiger charge is -2.09. The van der Waals surface area contributed by atoms with E-state index in [1.807, 2.05) is 24.3 Å². The van der Waals surface area contributed by atoms with Gasteiger partial charge in [0.1, 0.15) is 5.82 Å². The smallest absolute Gasteiger partial charge is 0.123 e. The second kappa shape index (κ2) is 9.23. The van der Waals surface area contributed by atoms with Crippen LogP contribution in [0.25, 0.3) is 26.6 Å². The summed E-state index contributed by atoms with van der Waals surface area (Å²) in [6.07, 6.45) is 17.8. The van der Waals surface area contributed by atoms with Gasteiger partial charge in [0.15, 0.2) is 0 Å². The molecule has 1 aliphatic rings. The van der Waals surface area contributed by atoms with E-state index in [1.54, 1.807) is 11.3 Å². The molecule has 0 aliphatic heterocycles. The lowest BCUT2D eigenvalue weighted by molar-refractivity contribution is 0.628. The first-order valence-electron chi connectivity index (χ1n) is 10.4. The van der Waals surface area contributed by atoms with Gasteiger partial charge in [0.05, 0.1) is 0 Å². The Kier molecular flexibility index (Phi) is 6.25. The fraction of sp³-hybridized carbons (Fsp3) is 0.143. The number of hydrogen-bond donors (Lipinski definition) is 0. The van der Waals surface area contributed by atoms with Crippen molar-refractivity contribution in [2.75, 3.05) is 0 Å². The molecule has 0 amide bonds. The highest BCUT2D eigenvalue weighted by molar-refractivity contribution is 7.22. The second-order valence-electron chi connectivity index (χ2n) is 7.45. The Balaban J connectivity index is 1.74. The third-order valence-electron chi connectivity index (χ3n) is 5.43. The Bertz CT molecular complexity index is 1180. The fourth-order valence-corrected chi connectivity index (χ4v) is 4.95. The summed E-state index contributed by atoms with van der Waals surface area (Å²) < 4.78 is 14.8. The van der Waals surface area contributed by atoms with Gasteiger partial charge in [-0.15, -0.1) is 11.3 Å². The third kappa shape index (κ3) is 4.44. The minimum absolute atomic E-state index is 0.203. The summed E-state index contributed by atoms with van der Waals surface area (Å²) in [6.45, 7) is 5.91. The summed E-state index contributed by atoms with van der Waals surface area (Å²) in [5.74, 6) is -0.203. The number of rotatable bonds is 6. The molecule has 1 aromatic heterocycles. The molecule has 0 atom stereocenters. The molecule has 2 aromatic carbocycles. The van der Waals surface area contributed by atoms with Crippen LogP contribution in [0.5, 0.6) is 0 Å². The van der Waals surface area contributed by atoms with Crippen molar-refractivity contribution in [2.24, 2.45) is 0 Å². The van der Waals surface area contributed by atoms with Gasteiger partial charge in [-0.25, -0.2) is 4.39 Å². The summed E-state index contributed by atoms with van der Waals surface area (Å²) in [7, 11) is 0. The molecule has 150 valence electrons. The maximum Gasteiger partial charge on any atom is 0.123 e. The summed E-state index contributed by atoms with van der Waals surface area (Å²) in [5.41, 5.74) is 6.26. The number of benzene rings is 2. The Labute approximate surface area is 182 Å². The zero-order chi connectivity index (χ0) is 20.9. The van der Waals surface area contributed by atoms with Gasteiger partial charge in [0.25, 0.3) is 0 Å². The largest absolute Gasteiger partial charge is 0.207 e. The van der Waals surface area contributed by atoms with Gasteiger partial charge in [0.2, 0.25) is 0 Å². The zero-order valence-electron chi connectivity index (χ0n) is 17.2. The molecule has 0 spiro atoms. The van der Waals surface area contributed by atoms with E-state index in [4.69, 9.17) is 0 Å². The first kappa shape index (κ1) is 20.3. The first-order chi connectivity index (χ1) is 14.7. The summed E-state index contributed by atoms with van der Waals surface area (Å²) in [4.78, 5) is 1.19. The number of aryl methyl sites for hydroxylation is 1. The van der Waals surface area contributed by atoms with Gasteiger partial charge in [0, 0.05) is 20.5 Å². The molecule has 0 fully saturated rings. The number of halogens is 1. The molecule has 4 rings (SSSR count). The van der Waals surface area contributed by atoms with Crippen LogP contribution >= 0.6 is 11.3 Å². The molecule has 0 nitrogen and oxygen atoms in total. The van der Waals surface area contributed by atoms with Crippen LogP contribution in [0.4, 0.5) is 4.39 Å². The Morgan fingerprint density at radius 2 is 1.70 bits per heavy atom. The average Bonchev–Trinajstić information content (AvgIpc) is 3.15. The SMILES string of the molecule is C=C/C=C/C1=CC=C(/C=C\c2c(-c3ccc(F)cc3)sc3cc(CC)ccc23)CC1. The molecule has 3 aromatic rings. The van der Waals surface area contributed by atoms with Crippen molar-refractivity contribution in [1.29, 1.82) is 0 Å². The van der Waals surface area contributed by atoms with Crippen LogP contribution in [-0.2, 0) is 6.42 Å². The highest BCUT2D eigenvalue weighted by Gasteiger charge is 2.13. The van der Waals surface area contributed by atoms with Crippen molar-refractivity contribution >= 4 is 27.5 Å². The molecular weight excluding hydrogens is 387 g/mol. The zero-order valence-corrected chi connectivity index (χ0v) is 18.0. The normalized spacial score (nSPS) is 14.5. The minimum Gasteiger partial charge on any atom is -0.207 e. The molecule has 30 heavy (non-hydrogen) atoms. The van der Waals surface area contributed by atoms with Crippen molar-refractivity contribution < 1.29 is 4.39 Å². The molecule has 0 radical (unpaired) electrons. The van der Waals surface area contributed by atoms with E-state index in [2.05, 4.69) is 62.1 Å². The van der Waals surface area contributed by atoms with E-state index in [0.29, 0.717) is 0 Å².